The fraction of sp³-hybridized carbons (Fsp3) is 1.00. The second-order valence-corrected chi connectivity index (χ2v) is 1.06. The molecule has 0 atom stereocenters. The fourth-order valence-corrected chi connectivity index (χ4v) is 0. The zero-order chi connectivity index (χ0) is 8.78. The van der Waals surface area contributed by atoms with Crippen LogP contribution >= 0.6 is 0 Å². The minimum Gasteiger partial charge on any atom is -0.328 e. The lowest BCUT2D eigenvalue weighted by molar-refractivity contribution is -0.742. The average molecular weight is 162 g/mol. The highest BCUT2D eigenvalue weighted by Gasteiger charge is 2.23. The van der Waals surface area contributed by atoms with Gasteiger partial charge in [0.1, 0.15) is 0 Å². The molecule has 0 aromatic rings. The van der Waals surface area contributed by atoms with Crippen LogP contribution in [0.5, 0.6) is 0 Å². The van der Waals surface area contributed by atoms with Crippen LogP contribution in [0.15, 0.2) is 0 Å². The molecule has 0 aromatic carbocycles. The molecule has 0 amide bonds. The van der Waals surface area contributed by atoms with Crippen molar-refractivity contribution in [2.75, 3.05) is 6.54 Å². The number of rotatable bonds is 0. The number of nitrogens with two attached hydrogens (primary N) is 1. The zero-order valence-corrected chi connectivity index (χ0v) is 4.63. The molecule has 0 spiro atoms. The summed E-state index contributed by atoms with van der Waals surface area (Å²) in [7, 11) is 0. The molecule has 0 unspecified atom stereocenters. The number of hydrogen-bond acceptors (Lipinski definition) is 3. The number of nitrogens with zero attached hydrogens (tertiary/aromatic N) is 1. The Morgan fingerprint density at radius 1 is 1.60 bits per heavy atom. The highest BCUT2D eigenvalue weighted by atomic mass is 19.4. The van der Waals surface area contributed by atoms with Gasteiger partial charge >= 0.3 is 6.18 Å². The van der Waals surface area contributed by atoms with Crippen molar-refractivity contribution in [2.45, 2.75) is 6.18 Å². The van der Waals surface area contributed by atoms with Crippen LogP contribution in [0.25, 0.3) is 0 Å². The van der Waals surface area contributed by atoms with E-state index in [2.05, 4.69) is 5.73 Å². The van der Waals surface area contributed by atoms with Crippen LogP contribution in [-0.4, -0.2) is 23.0 Å². The third kappa shape index (κ3) is 64.7. The van der Waals surface area contributed by atoms with Gasteiger partial charge in [0.05, 0.1) is 6.54 Å². The van der Waals surface area contributed by atoms with E-state index in [0.717, 1.165) is 0 Å². The second-order valence-electron chi connectivity index (χ2n) is 1.06. The van der Waals surface area contributed by atoms with Crippen LogP contribution < -0.4 is 5.73 Å². The third-order valence-corrected chi connectivity index (χ3v) is 0.231. The first-order chi connectivity index (χ1) is 4.29. The first-order valence-corrected chi connectivity index (χ1v) is 1.89. The van der Waals surface area contributed by atoms with Gasteiger partial charge in [-0.15, -0.1) is 10.1 Å². The summed E-state index contributed by atoms with van der Waals surface area (Å²) in [6.45, 7) is -1.23. The molecule has 0 saturated heterocycles. The molecule has 0 aliphatic heterocycles. The quantitative estimate of drug-likeness (QED) is 0.392. The molecule has 0 aliphatic carbocycles. The maximum atomic E-state index is 10.7. The summed E-state index contributed by atoms with van der Waals surface area (Å²) >= 11 is 0. The molecule has 8 heteroatoms. The molecule has 5 nitrogen and oxygen atoms in total. The lowest BCUT2D eigenvalue weighted by Crippen LogP contribution is -2.21. The highest BCUT2D eigenvalue weighted by molar-refractivity contribution is 4.44. The van der Waals surface area contributed by atoms with Gasteiger partial charge in [-0.05, 0) is 0 Å². The molecule has 0 bridgehead atoms. The van der Waals surface area contributed by atoms with Gasteiger partial charge in [0, 0.05) is 0 Å². The fourth-order valence-electron chi connectivity index (χ4n) is 0. The smallest absolute Gasteiger partial charge is 0.328 e. The van der Waals surface area contributed by atoms with Crippen molar-refractivity contribution >= 4 is 0 Å². The molecular weight excluding hydrogens is 157 g/mol. The van der Waals surface area contributed by atoms with Crippen molar-refractivity contribution in [3.05, 3.63) is 10.1 Å². The number of halogens is 3. The Morgan fingerprint density at radius 2 is 1.70 bits per heavy atom. The number of hydrogen-bond donors (Lipinski definition) is 2. The van der Waals surface area contributed by atoms with Gasteiger partial charge in [-0.2, -0.15) is 13.2 Å². The van der Waals surface area contributed by atoms with Gasteiger partial charge in [-0.3, -0.25) is 0 Å². The van der Waals surface area contributed by atoms with Crippen molar-refractivity contribution < 1.29 is 23.5 Å². The van der Waals surface area contributed by atoms with Crippen molar-refractivity contribution in [2.24, 2.45) is 5.73 Å². The third-order valence-electron chi connectivity index (χ3n) is 0.231. The van der Waals surface area contributed by atoms with E-state index in [0.29, 0.717) is 0 Å². The maximum absolute atomic E-state index is 10.7. The van der Waals surface area contributed by atoms with E-state index in [-0.39, 0.29) is 0 Å². The summed E-state index contributed by atoms with van der Waals surface area (Å²) in [5.74, 6) is 0. The molecule has 62 valence electrons. The summed E-state index contributed by atoms with van der Waals surface area (Å²) in [5.41, 5.74) is 4.18. The second kappa shape index (κ2) is 4.79. The minimum absolute atomic E-state index is 1.23. The molecule has 3 N–H and O–H groups in total. The maximum Gasteiger partial charge on any atom is 0.400 e. The van der Waals surface area contributed by atoms with Crippen LogP contribution in [0.4, 0.5) is 13.2 Å². The first-order valence-electron chi connectivity index (χ1n) is 1.89. The minimum atomic E-state index is -4.18. The molecule has 0 saturated carbocycles. The van der Waals surface area contributed by atoms with E-state index in [9.17, 15) is 13.2 Å². The van der Waals surface area contributed by atoms with Crippen LogP contribution in [0.1, 0.15) is 0 Å². The molecule has 0 aromatic heterocycles. The monoisotopic (exact) mass is 162 g/mol. The van der Waals surface area contributed by atoms with Crippen molar-refractivity contribution in [1.29, 1.82) is 0 Å². The lowest BCUT2D eigenvalue weighted by atomic mass is 10.7. The van der Waals surface area contributed by atoms with E-state index < -0.39 is 17.8 Å². The Morgan fingerprint density at radius 3 is 1.70 bits per heavy atom. The van der Waals surface area contributed by atoms with E-state index in [4.69, 9.17) is 15.3 Å². The van der Waals surface area contributed by atoms with E-state index >= 15 is 0 Å². The van der Waals surface area contributed by atoms with Crippen LogP contribution in [0.3, 0.4) is 0 Å². The summed E-state index contributed by atoms with van der Waals surface area (Å²) in [6, 6.07) is 0. The van der Waals surface area contributed by atoms with Gasteiger partial charge in [0.15, 0.2) is 0 Å². The Kier molecular flexibility index (Phi) is 5.61. The predicted octanol–water partition coefficient (Wildman–Crippen LogP) is 0.160. The summed E-state index contributed by atoms with van der Waals surface area (Å²) < 4.78 is 32.0. The van der Waals surface area contributed by atoms with E-state index in [1.54, 1.807) is 0 Å². The summed E-state index contributed by atoms with van der Waals surface area (Å²) in [5, 5.41) is 13.6. The van der Waals surface area contributed by atoms with E-state index in [1.807, 2.05) is 0 Å². The number of alkyl halides is 3. The first kappa shape index (κ1) is 11.7. The molecule has 0 heterocycles. The molecule has 10 heavy (non-hydrogen) atoms. The van der Waals surface area contributed by atoms with Crippen LogP contribution in [0, 0.1) is 10.1 Å². The molecule has 0 fully saturated rings. The SMILES string of the molecule is NCC(F)(F)F.O=[N+]([O-])O. The Hall–Kier alpha value is -1.05. The van der Waals surface area contributed by atoms with Gasteiger partial charge in [0.25, 0.3) is 5.09 Å². The van der Waals surface area contributed by atoms with Gasteiger partial charge < -0.3 is 10.9 Å². The topological polar surface area (TPSA) is 89.4 Å². The highest BCUT2D eigenvalue weighted by Crippen LogP contribution is 2.10. The van der Waals surface area contributed by atoms with Crippen LogP contribution in [0.2, 0.25) is 0 Å². The largest absolute Gasteiger partial charge is 0.400 e. The van der Waals surface area contributed by atoms with E-state index in [1.165, 1.54) is 0 Å². The molecule has 0 radical (unpaired) electrons. The normalized spacial score (nSPS) is 9.60. The predicted molar refractivity (Wildman–Crippen MR) is 23.9 cm³/mol. The summed E-state index contributed by atoms with van der Waals surface area (Å²) in [4.78, 5) is 8.36. The van der Waals surface area contributed by atoms with Crippen molar-refractivity contribution in [1.82, 2.24) is 0 Å². The van der Waals surface area contributed by atoms with Crippen molar-refractivity contribution in [3.8, 4) is 0 Å². The standard InChI is InChI=1S/C2H4F3N.HNO3/c3-2(4,5)1-6;2-1(3)4/h1,6H2;(H,2,3,4). The van der Waals surface area contributed by atoms with Gasteiger partial charge in [-0.1, -0.05) is 0 Å². The van der Waals surface area contributed by atoms with Gasteiger partial charge in [0.2, 0.25) is 0 Å². The Labute approximate surface area is 53.3 Å². The Bertz CT molecular complexity index is 98.4. The lowest BCUT2D eigenvalue weighted by Gasteiger charge is -1.96. The van der Waals surface area contributed by atoms with Crippen molar-refractivity contribution in [3.63, 3.8) is 0 Å². The van der Waals surface area contributed by atoms with Gasteiger partial charge in [-0.25, -0.2) is 0 Å². The Balaban J connectivity index is 0. The zero-order valence-electron chi connectivity index (χ0n) is 4.63. The van der Waals surface area contributed by atoms with Crippen LogP contribution in [-0.2, 0) is 0 Å². The molecular formula is C2H5F3N2O3. The molecule has 0 rings (SSSR count). The average Bonchev–Trinajstić information content (AvgIpc) is 1.63. The molecule has 0 aliphatic rings. The summed E-state index contributed by atoms with van der Waals surface area (Å²) in [6.07, 6.45) is -4.18.